The molecule has 0 saturated carbocycles. The minimum absolute atomic E-state index is 0.0521. The van der Waals surface area contributed by atoms with Crippen molar-refractivity contribution < 1.29 is 18.0 Å². The Hall–Kier alpha value is -3.84. The number of pyridine rings is 1. The lowest BCUT2D eigenvalue weighted by Gasteiger charge is -2.17. The number of carbonyl (C=O) groups excluding carboxylic acids is 2. The highest BCUT2D eigenvalue weighted by molar-refractivity contribution is 7.89. The minimum Gasteiger partial charge on any atom is -0.326 e. The Morgan fingerprint density at radius 2 is 1.67 bits per heavy atom. The summed E-state index contributed by atoms with van der Waals surface area (Å²) in [5, 5.41) is 5.17. The third-order valence-corrected chi connectivity index (χ3v) is 6.64. The molecule has 2 N–H and O–H groups in total. The summed E-state index contributed by atoms with van der Waals surface area (Å²) in [4.78, 5) is 51.9. The highest BCUT2D eigenvalue weighted by atomic mass is 32.2. The summed E-state index contributed by atoms with van der Waals surface area (Å²) in [7, 11) is 0.0760. The van der Waals surface area contributed by atoms with Crippen molar-refractivity contribution in [2.24, 2.45) is 14.1 Å². The van der Waals surface area contributed by atoms with Gasteiger partial charge in [0, 0.05) is 33.8 Å². The number of nitrogens with one attached hydrogen (secondary N) is 2. The number of aromatic nitrogens is 3. The molecule has 0 aliphatic heterocycles. The predicted octanol–water partition coefficient (Wildman–Crippen LogP) is -0.150. The highest BCUT2D eigenvalue weighted by Gasteiger charge is 2.23. The van der Waals surface area contributed by atoms with E-state index in [1.807, 2.05) is 0 Å². The van der Waals surface area contributed by atoms with Crippen LogP contribution in [0.25, 0.3) is 11.0 Å². The number of hydrogen-bond acceptors (Lipinski definition) is 7. The van der Waals surface area contributed by atoms with E-state index in [2.05, 4.69) is 15.6 Å². The number of hydrogen-bond donors (Lipinski definition) is 2. The van der Waals surface area contributed by atoms with E-state index in [4.69, 9.17) is 0 Å². The maximum absolute atomic E-state index is 12.7. The van der Waals surface area contributed by atoms with Crippen LogP contribution in [-0.4, -0.2) is 52.2 Å². The predicted molar refractivity (Wildman–Crippen MR) is 121 cm³/mol. The van der Waals surface area contributed by atoms with E-state index >= 15 is 0 Å². The second kappa shape index (κ2) is 8.96. The summed E-state index contributed by atoms with van der Waals surface area (Å²) in [6, 6.07) is 6.90. The first-order valence-corrected chi connectivity index (χ1v) is 11.1. The SMILES string of the molecule is CC(=O)Nc1ccc(S(=O)(=O)N(C)CC(=O)Nc2cnc3c(c2)c(=O)n(C)c(=O)n3C)cc1. The van der Waals surface area contributed by atoms with E-state index < -0.39 is 33.7 Å². The van der Waals surface area contributed by atoms with Gasteiger partial charge in [-0.1, -0.05) is 0 Å². The van der Waals surface area contributed by atoms with Crippen molar-refractivity contribution >= 4 is 44.2 Å². The number of benzene rings is 1. The molecule has 0 radical (unpaired) electrons. The molecule has 0 atom stereocenters. The highest BCUT2D eigenvalue weighted by Crippen LogP contribution is 2.18. The molecule has 0 aliphatic carbocycles. The van der Waals surface area contributed by atoms with E-state index in [0.717, 1.165) is 8.87 Å². The Balaban J connectivity index is 1.77. The van der Waals surface area contributed by atoms with Crippen LogP contribution in [0, 0.1) is 0 Å². The quantitative estimate of drug-likeness (QED) is 0.504. The minimum atomic E-state index is -3.98. The van der Waals surface area contributed by atoms with Crippen molar-refractivity contribution in [2.75, 3.05) is 24.2 Å². The van der Waals surface area contributed by atoms with Gasteiger partial charge in [0.15, 0.2) is 0 Å². The second-order valence-electron chi connectivity index (χ2n) is 7.32. The summed E-state index contributed by atoms with van der Waals surface area (Å²) < 4.78 is 28.5. The molecule has 12 nitrogen and oxygen atoms in total. The van der Waals surface area contributed by atoms with E-state index in [9.17, 15) is 27.6 Å². The first-order valence-electron chi connectivity index (χ1n) is 9.61. The van der Waals surface area contributed by atoms with Crippen molar-refractivity contribution in [3.8, 4) is 0 Å². The van der Waals surface area contributed by atoms with Gasteiger partial charge >= 0.3 is 5.69 Å². The van der Waals surface area contributed by atoms with Crippen LogP contribution in [0.15, 0.2) is 51.0 Å². The number of rotatable bonds is 6. The molecule has 2 aromatic heterocycles. The van der Waals surface area contributed by atoms with Gasteiger partial charge < -0.3 is 10.6 Å². The van der Waals surface area contributed by atoms with Crippen molar-refractivity contribution in [2.45, 2.75) is 11.8 Å². The number of carbonyl (C=O) groups is 2. The summed E-state index contributed by atoms with van der Waals surface area (Å²) >= 11 is 0. The van der Waals surface area contributed by atoms with Gasteiger partial charge in [-0.15, -0.1) is 0 Å². The lowest BCUT2D eigenvalue weighted by atomic mass is 10.3. The van der Waals surface area contributed by atoms with Gasteiger partial charge in [-0.25, -0.2) is 18.2 Å². The van der Waals surface area contributed by atoms with Gasteiger partial charge in [0.25, 0.3) is 5.56 Å². The molecule has 174 valence electrons. The zero-order chi connectivity index (χ0) is 24.5. The van der Waals surface area contributed by atoms with E-state index in [1.54, 1.807) is 0 Å². The molecule has 1 aromatic carbocycles. The Kier molecular flexibility index (Phi) is 6.46. The van der Waals surface area contributed by atoms with Gasteiger partial charge in [-0.3, -0.25) is 23.5 Å². The van der Waals surface area contributed by atoms with Crippen LogP contribution in [0.1, 0.15) is 6.92 Å². The molecule has 2 amide bonds. The molecule has 3 aromatic rings. The summed E-state index contributed by atoms with van der Waals surface area (Å²) in [6.07, 6.45) is 1.27. The lowest BCUT2D eigenvalue weighted by Crippen LogP contribution is -2.37. The average molecular weight is 474 g/mol. The molecule has 0 spiro atoms. The molecule has 2 heterocycles. The molecule has 0 fully saturated rings. The first kappa shape index (κ1) is 23.8. The molecule has 13 heteroatoms. The van der Waals surface area contributed by atoms with E-state index in [-0.39, 0.29) is 27.5 Å². The zero-order valence-corrected chi connectivity index (χ0v) is 19.1. The smallest absolute Gasteiger partial charge is 0.326 e. The van der Waals surface area contributed by atoms with Crippen molar-refractivity contribution in [1.82, 2.24) is 18.4 Å². The van der Waals surface area contributed by atoms with Crippen LogP contribution in [0.4, 0.5) is 11.4 Å². The Bertz CT molecular complexity index is 1470. The van der Waals surface area contributed by atoms with Crippen LogP contribution >= 0.6 is 0 Å². The van der Waals surface area contributed by atoms with Gasteiger partial charge in [0.1, 0.15) is 5.65 Å². The van der Waals surface area contributed by atoms with Crippen molar-refractivity contribution in [3.05, 3.63) is 57.4 Å². The number of anilines is 2. The number of aryl methyl sites for hydroxylation is 1. The fourth-order valence-corrected chi connectivity index (χ4v) is 4.24. The second-order valence-corrected chi connectivity index (χ2v) is 9.36. The molecular formula is C20H22N6O6S. The Morgan fingerprint density at radius 1 is 1.03 bits per heavy atom. The number of amides is 2. The van der Waals surface area contributed by atoms with Gasteiger partial charge in [-0.05, 0) is 30.3 Å². The fourth-order valence-electron chi connectivity index (χ4n) is 3.11. The third kappa shape index (κ3) is 4.83. The molecule has 0 unspecified atom stereocenters. The molecular weight excluding hydrogens is 452 g/mol. The van der Waals surface area contributed by atoms with Crippen molar-refractivity contribution in [1.29, 1.82) is 0 Å². The number of sulfonamides is 1. The average Bonchev–Trinajstić information content (AvgIpc) is 2.76. The monoisotopic (exact) mass is 474 g/mol. The van der Waals surface area contributed by atoms with Crippen LogP contribution in [0.3, 0.4) is 0 Å². The molecule has 0 aliphatic rings. The van der Waals surface area contributed by atoms with Gasteiger partial charge in [0.2, 0.25) is 21.8 Å². The fraction of sp³-hybridized carbons (Fsp3) is 0.250. The third-order valence-electron chi connectivity index (χ3n) is 4.83. The summed E-state index contributed by atoms with van der Waals surface area (Å²) in [5.41, 5.74) is -0.334. The molecule has 0 bridgehead atoms. The van der Waals surface area contributed by atoms with Crippen LogP contribution < -0.4 is 21.9 Å². The number of nitrogens with zero attached hydrogens (tertiary/aromatic N) is 4. The largest absolute Gasteiger partial charge is 0.332 e. The Morgan fingerprint density at radius 3 is 2.27 bits per heavy atom. The topological polar surface area (TPSA) is 152 Å². The molecule has 3 rings (SSSR count). The van der Waals surface area contributed by atoms with E-state index in [1.165, 1.54) is 69.2 Å². The number of likely N-dealkylation sites (N-methyl/N-ethyl adjacent to an activating group) is 1. The normalized spacial score (nSPS) is 11.5. The van der Waals surface area contributed by atoms with Crippen molar-refractivity contribution in [3.63, 3.8) is 0 Å². The first-order chi connectivity index (χ1) is 15.4. The molecule has 0 saturated heterocycles. The lowest BCUT2D eigenvalue weighted by molar-refractivity contribution is -0.116. The zero-order valence-electron chi connectivity index (χ0n) is 18.3. The standard InChI is InChI=1S/C20H22N6O6S/c1-12(27)22-13-5-7-15(8-6-13)33(31,32)24(2)11-17(28)23-14-9-16-18(21-10-14)25(3)20(30)26(4)19(16)29/h5-10H,11H2,1-4H3,(H,22,27)(H,23,28). The van der Waals surface area contributed by atoms with Gasteiger partial charge in [-0.2, -0.15) is 4.31 Å². The molecule has 33 heavy (non-hydrogen) atoms. The maximum Gasteiger partial charge on any atom is 0.332 e. The van der Waals surface area contributed by atoms with Crippen LogP contribution in [-0.2, 0) is 33.7 Å². The number of fused-ring (bicyclic) bond motifs is 1. The Labute approximate surface area is 188 Å². The van der Waals surface area contributed by atoms with Crippen LogP contribution in [0.2, 0.25) is 0 Å². The summed E-state index contributed by atoms with van der Waals surface area (Å²) in [6.45, 7) is 0.833. The summed E-state index contributed by atoms with van der Waals surface area (Å²) in [5.74, 6) is -0.943. The van der Waals surface area contributed by atoms with E-state index in [0.29, 0.717) is 5.69 Å². The van der Waals surface area contributed by atoms with Gasteiger partial charge in [0.05, 0.1) is 28.7 Å². The maximum atomic E-state index is 12.7. The van der Waals surface area contributed by atoms with Crippen LogP contribution in [0.5, 0.6) is 0 Å².